The number of aromatic nitrogens is 1. The van der Waals surface area contributed by atoms with Crippen LogP contribution in [0.3, 0.4) is 0 Å². The summed E-state index contributed by atoms with van der Waals surface area (Å²) in [5.74, 6) is 1.36. The van der Waals surface area contributed by atoms with Gasteiger partial charge in [0.05, 0.1) is 13.2 Å². The summed E-state index contributed by atoms with van der Waals surface area (Å²) in [5, 5.41) is 6.67. The molecule has 0 spiro atoms. The van der Waals surface area contributed by atoms with Gasteiger partial charge in [-0.2, -0.15) is 0 Å². The summed E-state index contributed by atoms with van der Waals surface area (Å²) in [5.41, 5.74) is 1.74. The monoisotopic (exact) mass is 327 g/mol. The highest BCUT2D eigenvalue weighted by Gasteiger charge is 2.16. The van der Waals surface area contributed by atoms with Crippen LogP contribution in [0.2, 0.25) is 0 Å². The Hall–Kier alpha value is -2.89. The number of hydrogen-bond donors (Lipinski definition) is 2. The Morgan fingerprint density at radius 3 is 2.92 bits per heavy atom. The summed E-state index contributed by atoms with van der Waals surface area (Å²) in [6.07, 6.45) is 3.91. The van der Waals surface area contributed by atoms with Crippen molar-refractivity contribution in [3.8, 4) is 5.75 Å². The highest BCUT2D eigenvalue weighted by atomic mass is 16.5. The molecule has 1 unspecified atom stereocenters. The molecule has 0 saturated carbocycles. The molecular formula is C18H21N3O3. The number of aryl methyl sites for hydroxylation is 1. The average molecular weight is 327 g/mol. The van der Waals surface area contributed by atoms with Gasteiger partial charge in [0.2, 0.25) is 0 Å². The molecule has 24 heavy (non-hydrogen) atoms. The number of furan rings is 1. The number of fused-ring (bicyclic) bond motifs is 1. The minimum absolute atomic E-state index is 0.237. The largest absolute Gasteiger partial charge is 0.493 e. The molecule has 1 aromatic carbocycles. The fourth-order valence-corrected chi connectivity index (χ4v) is 2.60. The van der Waals surface area contributed by atoms with Crippen molar-refractivity contribution in [1.82, 2.24) is 15.2 Å². The van der Waals surface area contributed by atoms with E-state index < -0.39 is 0 Å². The molecule has 1 atom stereocenters. The van der Waals surface area contributed by atoms with Crippen LogP contribution in [0.25, 0.3) is 11.0 Å². The van der Waals surface area contributed by atoms with Crippen LogP contribution in [0, 0.1) is 0 Å². The molecule has 0 radical (unpaired) electrons. The summed E-state index contributed by atoms with van der Waals surface area (Å²) in [6, 6.07) is 9.10. The lowest BCUT2D eigenvalue weighted by atomic mass is 10.2. The van der Waals surface area contributed by atoms with Crippen LogP contribution >= 0.6 is 0 Å². The van der Waals surface area contributed by atoms with E-state index in [4.69, 9.17) is 9.15 Å². The minimum atomic E-state index is -0.252. The number of nitrogens with one attached hydrogen (secondary N) is 2. The van der Waals surface area contributed by atoms with E-state index in [1.807, 2.05) is 61.3 Å². The third-order valence-electron chi connectivity index (χ3n) is 3.87. The van der Waals surface area contributed by atoms with E-state index in [9.17, 15) is 4.79 Å². The molecule has 0 aliphatic rings. The summed E-state index contributed by atoms with van der Waals surface area (Å²) in [6.45, 7) is 2.36. The maximum absolute atomic E-state index is 12.0. The van der Waals surface area contributed by atoms with Gasteiger partial charge in [0, 0.05) is 31.4 Å². The van der Waals surface area contributed by atoms with E-state index in [-0.39, 0.29) is 12.1 Å². The molecule has 0 fully saturated rings. The van der Waals surface area contributed by atoms with Gasteiger partial charge in [0.25, 0.3) is 0 Å². The summed E-state index contributed by atoms with van der Waals surface area (Å²) < 4.78 is 13.1. The average Bonchev–Trinajstić information content (AvgIpc) is 3.18. The molecule has 0 aliphatic heterocycles. The van der Waals surface area contributed by atoms with Crippen molar-refractivity contribution in [3.63, 3.8) is 0 Å². The van der Waals surface area contributed by atoms with Gasteiger partial charge in [-0.25, -0.2) is 4.79 Å². The number of carbonyl (C=O) groups excluding carboxylic acids is 1. The normalized spacial score (nSPS) is 12.1. The van der Waals surface area contributed by atoms with Crippen molar-refractivity contribution in [2.24, 2.45) is 7.05 Å². The Balaban J connectivity index is 1.63. The quantitative estimate of drug-likeness (QED) is 0.755. The second kappa shape index (κ2) is 6.70. The first-order chi connectivity index (χ1) is 11.6. The van der Waals surface area contributed by atoms with E-state index in [0.717, 1.165) is 10.9 Å². The molecule has 3 aromatic rings. The van der Waals surface area contributed by atoms with Crippen molar-refractivity contribution in [3.05, 3.63) is 54.0 Å². The number of hydrogen-bond acceptors (Lipinski definition) is 3. The molecule has 6 heteroatoms. The van der Waals surface area contributed by atoms with Crippen LogP contribution in [0.5, 0.6) is 5.75 Å². The van der Waals surface area contributed by atoms with Crippen molar-refractivity contribution in [2.75, 3.05) is 7.11 Å². The molecule has 126 valence electrons. The van der Waals surface area contributed by atoms with Crippen LogP contribution in [-0.4, -0.2) is 17.7 Å². The number of nitrogens with zero attached hydrogens (tertiary/aromatic N) is 1. The first-order valence-electron chi connectivity index (χ1n) is 7.78. The van der Waals surface area contributed by atoms with Gasteiger partial charge in [-0.1, -0.05) is 12.1 Å². The van der Waals surface area contributed by atoms with E-state index in [1.165, 1.54) is 0 Å². The van der Waals surface area contributed by atoms with Crippen molar-refractivity contribution in [2.45, 2.75) is 19.5 Å². The van der Waals surface area contributed by atoms with Gasteiger partial charge in [-0.3, -0.25) is 0 Å². The number of ether oxygens (including phenoxy) is 1. The molecule has 0 aliphatic carbocycles. The fourth-order valence-electron chi connectivity index (χ4n) is 2.60. The maximum Gasteiger partial charge on any atom is 0.315 e. The molecular weight excluding hydrogens is 306 g/mol. The molecule has 0 saturated heterocycles. The molecule has 2 heterocycles. The molecule has 2 N–H and O–H groups in total. The standard InChI is InChI=1S/C18H21N3O3/c1-12(20-18(22)19-10-13-7-8-21(2)11-13)16-9-14-5-4-6-15(23-3)17(14)24-16/h4-9,11-12H,10H2,1-3H3,(H2,19,20,22). The first kappa shape index (κ1) is 16.0. The Kier molecular flexibility index (Phi) is 4.46. The van der Waals surface area contributed by atoms with Crippen LogP contribution in [0.1, 0.15) is 24.3 Å². The van der Waals surface area contributed by atoms with Gasteiger partial charge in [-0.15, -0.1) is 0 Å². The summed E-state index contributed by atoms with van der Waals surface area (Å²) >= 11 is 0. The van der Waals surface area contributed by atoms with Crippen LogP contribution < -0.4 is 15.4 Å². The van der Waals surface area contributed by atoms with Gasteiger partial charge in [0.15, 0.2) is 11.3 Å². The Labute approximate surface area is 140 Å². The second-order valence-corrected chi connectivity index (χ2v) is 5.76. The lowest BCUT2D eigenvalue weighted by Crippen LogP contribution is -2.36. The predicted molar refractivity (Wildman–Crippen MR) is 92.0 cm³/mol. The zero-order valence-corrected chi connectivity index (χ0v) is 14.0. The number of amides is 2. The highest BCUT2D eigenvalue weighted by Crippen LogP contribution is 2.30. The third kappa shape index (κ3) is 3.37. The van der Waals surface area contributed by atoms with Crippen molar-refractivity contribution < 1.29 is 13.9 Å². The number of para-hydroxylation sites is 1. The predicted octanol–water partition coefficient (Wildman–Crippen LogP) is 3.34. The lowest BCUT2D eigenvalue weighted by molar-refractivity contribution is 0.236. The SMILES string of the molecule is COc1cccc2cc(C(C)NC(=O)NCc3ccn(C)c3)oc12. The summed E-state index contributed by atoms with van der Waals surface area (Å²) in [4.78, 5) is 12.0. The molecule has 3 rings (SSSR count). The Bertz CT molecular complexity index is 850. The zero-order valence-electron chi connectivity index (χ0n) is 14.0. The lowest BCUT2D eigenvalue weighted by Gasteiger charge is -2.12. The van der Waals surface area contributed by atoms with E-state index in [2.05, 4.69) is 10.6 Å². The van der Waals surface area contributed by atoms with E-state index in [0.29, 0.717) is 23.6 Å². The van der Waals surface area contributed by atoms with Crippen LogP contribution in [0.15, 0.2) is 47.1 Å². The number of carbonyl (C=O) groups is 1. The highest BCUT2D eigenvalue weighted by molar-refractivity contribution is 5.84. The number of urea groups is 1. The van der Waals surface area contributed by atoms with E-state index >= 15 is 0 Å². The first-order valence-corrected chi connectivity index (χ1v) is 7.78. The maximum atomic E-state index is 12.0. The molecule has 6 nitrogen and oxygen atoms in total. The number of benzene rings is 1. The molecule has 2 amide bonds. The Morgan fingerprint density at radius 1 is 1.38 bits per heavy atom. The van der Waals surface area contributed by atoms with Gasteiger partial charge in [-0.05, 0) is 30.7 Å². The smallest absolute Gasteiger partial charge is 0.315 e. The van der Waals surface area contributed by atoms with Crippen molar-refractivity contribution in [1.29, 1.82) is 0 Å². The van der Waals surface area contributed by atoms with Crippen molar-refractivity contribution >= 4 is 17.0 Å². The van der Waals surface area contributed by atoms with Gasteiger partial charge < -0.3 is 24.4 Å². The number of methoxy groups -OCH3 is 1. The van der Waals surface area contributed by atoms with Crippen LogP contribution in [-0.2, 0) is 13.6 Å². The number of rotatable bonds is 5. The molecule has 2 aromatic heterocycles. The third-order valence-corrected chi connectivity index (χ3v) is 3.87. The van der Waals surface area contributed by atoms with Gasteiger partial charge in [0.1, 0.15) is 5.76 Å². The van der Waals surface area contributed by atoms with Gasteiger partial charge >= 0.3 is 6.03 Å². The zero-order chi connectivity index (χ0) is 17.1. The fraction of sp³-hybridized carbons (Fsp3) is 0.278. The van der Waals surface area contributed by atoms with E-state index in [1.54, 1.807) is 7.11 Å². The van der Waals surface area contributed by atoms with Crippen LogP contribution in [0.4, 0.5) is 4.79 Å². The minimum Gasteiger partial charge on any atom is -0.493 e. The summed E-state index contributed by atoms with van der Waals surface area (Å²) in [7, 11) is 3.55. The molecule has 0 bridgehead atoms. The topological polar surface area (TPSA) is 68.4 Å². The Morgan fingerprint density at radius 2 is 2.21 bits per heavy atom. The second-order valence-electron chi connectivity index (χ2n) is 5.76.